The number of aromatic hydroxyl groups is 1. The third-order valence-corrected chi connectivity index (χ3v) is 11.0. The molecule has 0 fully saturated rings. The Morgan fingerprint density at radius 2 is 1.19 bits per heavy atom. The van der Waals surface area contributed by atoms with Crippen LogP contribution in [0.2, 0.25) is 5.28 Å². The van der Waals surface area contributed by atoms with Crippen molar-refractivity contribution in [1.82, 2.24) is 15.0 Å². The van der Waals surface area contributed by atoms with Crippen LogP contribution >= 0.6 is 11.6 Å². The smallest absolute Gasteiger partial charge is 0.296 e. The lowest BCUT2D eigenvalue weighted by atomic mass is 10.1. The lowest BCUT2D eigenvalue weighted by Crippen LogP contribution is -2.08. The van der Waals surface area contributed by atoms with Crippen LogP contribution in [0, 0.1) is 20.8 Å². The van der Waals surface area contributed by atoms with Crippen molar-refractivity contribution in [2.75, 3.05) is 10.6 Å². The summed E-state index contributed by atoms with van der Waals surface area (Å²) >= 11 is 6.07. The normalized spacial score (nSPS) is 12.8. The van der Waals surface area contributed by atoms with Gasteiger partial charge in [0.25, 0.3) is 40.5 Å². The van der Waals surface area contributed by atoms with Gasteiger partial charge in [0.05, 0.1) is 16.3 Å². The number of hydrogen-bond acceptors (Lipinski definition) is 16. The number of anilines is 4. The molecule has 0 atom stereocenters. The van der Waals surface area contributed by atoms with Crippen LogP contribution in [0.15, 0.2) is 78.3 Å². The van der Waals surface area contributed by atoms with Gasteiger partial charge >= 0.3 is 0 Å². The number of azo groups is 1. The molecule has 0 saturated carbocycles. The van der Waals surface area contributed by atoms with Crippen molar-refractivity contribution in [2.45, 2.75) is 40.4 Å². The summed E-state index contributed by atoms with van der Waals surface area (Å²) in [5.41, 5.74) is -0.807. The van der Waals surface area contributed by atoms with Crippen LogP contribution in [-0.4, -0.2) is 71.9 Å². The minimum absolute atomic E-state index is 0.198. The molecule has 0 amide bonds. The molecule has 7 N–H and O–H groups in total. The van der Waals surface area contributed by atoms with Gasteiger partial charge in [0, 0.05) is 5.39 Å². The second-order valence-corrected chi connectivity index (χ2v) is 17.1. The summed E-state index contributed by atoms with van der Waals surface area (Å²) in [5, 5.41) is 22.5. The Kier molecular flexibility index (Phi) is 10.2. The first kappa shape index (κ1) is 39.3. The molecule has 0 bridgehead atoms. The number of aromatic nitrogens is 3. The van der Waals surface area contributed by atoms with Crippen molar-refractivity contribution in [3.63, 3.8) is 0 Å². The first-order valence-electron chi connectivity index (χ1n) is 14.2. The monoisotopic (exact) mass is 829 g/mol. The lowest BCUT2D eigenvalue weighted by Gasteiger charge is -2.15. The molecule has 25 heteroatoms. The Labute approximate surface area is 305 Å². The van der Waals surface area contributed by atoms with Gasteiger partial charge in [-0.2, -0.15) is 48.6 Å². The predicted molar refractivity (Wildman–Crippen MR) is 188 cm³/mol. The van der Waals surface area contributed by atoms with Crippen LogP contribution in [-0.2, 0) is 40.5 Å². The second kappa shape index (κ2) is 13.8. The van der Waals surface area contributed by atoms with E-state index in [1.54, 1.807) is 13.8 Å². The van der Waals surface area contributed by atoms with Crippen LogP contribution in [0.3, 0.4) is 0 Å². The number of phenols is 1. The number of hydrogen-bond donors (Lipinski definition) is 7. The van der Waals surface area contributed by atoms with Gasteiger partial charge in [0.15, 0.2) is 5.75 Å². The highest BCUT2D eigenvalue weighted by molar-refractivity contribution is 7.86. The SMILES string of the molecule is Cc1ccc(Nc2nc(Cl)nc(Nc3cc(S(=O)(=O)O)cc4cc(S(=O)(=O)O)c(N=Nc5cc(C)c(C)cc5S(=O)(=O)O)c(O)c34)n2)c(S(=O)(=O)O)c1. The largest absolute Gasteiger partial charge is 0.505 e. The zero-order chi connectivity index (χ0) is 39.4. The van der Waals surface area contributed by atoms with Gasteiger partial charge in [-0.3, -0.25) is 18.2 Å². The Morgan fingerprint density at radius 1 is 0.623 bits per heavy atom. The second-order valence-electron chi connectivity index (χ2n) is 11.1. The van der Waals surface area contributed by atoms with E-state index in [1.165, 1.54) is 25.1 Å². The maximum absolute atomic E-state index is 12.5. The fraction of sp³-hybridized carbons (Fsp3) is 0.107. The Hall–Kier alpha value is -4.92. The summed E-state index contributed by atoms with van der Waals surface area (Å²) in [6.45, 7) is 4.66. The third kappa shape index (κ3) is 8.66. The van der Waals surface area contributed by atoms with Crippen LogP contribution in [0.25, 0.3) is 10.8 Å². The molecule has 0 aliphatic carbocycles. The van der Waals surface area contributed by atoms with Gasteiger partial charge in [-0.05, 0) is 96.9 Å². The molecule has 53 heavy (non-hydrogen) atoms. The van der Waals surface area contributed by atoms with Crippen LogP contribution in [0.5, 0.6) is 5.75 Å². The molecule has 0 unspecified atom stereocenters. The van der Waals surface area contributed by atoms with Crippen LogP contribution < -0.4 is 10.6 Å². The molecule has 0 aliphatic heterocycles. The fourth-order valence-electron chi connectivity index (χ4n) is 4.81. The molecule has 5 aromatic rings. The highest BCUT2D eigenvalue weighted by Crippen LogP contribution is 2.46. The maximum Gasteiger partial charge on any atom is 0.296 e. The predicted octanol–water partition coefficient (Wildman–Crippen LogP) is 5.20. The summed E-state index contributed by atoms with van der Waals surface area (Å²) in [6.07, 6.45) is 0. The van der Waals surface area contributed by atoms with Crippen molar-refractivity contribution in [2.24, 2.45) is 10.2 Å². The number of nitrogens with one attached hydrogen (secondary N) is 2. The van der Waals surface area contributed by atoms with E-state index in [4.69, 9.17) is 11.6 Å². The van der Waals surface area contributed by atoms with Gasteiger partial charge in [0.2, 0.25) is 17.2 Å². The van der Waals surface area contributed by atoms with Gasteiger partial charge < -0.3 is 15.7 Å². The summed E-state index contributed by atoms with van der Waals surface area (Å²) in [5.74, 6) is -2.04. The number of fused-ring (bicyclic) bond motifs is 1. The highest BCUT2D eigenvalue weighted by Gasteiger charge is 2.27. The summed E-state index contributed by atoms with van der Waals surface area (Å²) in [4.78, 5) is 8.44. The van der Waals surface area contributed by atoms with E-state index in [9.17, 15) is 57.0 Å². The molecule has 0 aliphatic rings. The highest BCUT2D eigenvalue weighted by atomic mass is 35.5. The van der Waals surface area contributed by atoms with E-state index in [2.05, 4.69) is 35.8 Å². The average Bonchev–Trinajstić information content (AvgIpc) is 3.00. The molecule has 4 aromatic carbocycles. The van der Waals surface area contributed by atoms with Crippen molar-refractivity contribution >= 4 is 97.5 Å². The molecule has 1 aromatic heterocycles. The van der Waals surface area contributed by atoms with Crippen LogP contribution in [0.4, 0.5) is 34.6 Å². The molecule has 0 radical (unpaired) electrons. The van der Waals surface area contributed by atoms with Gasteiger partial charge in [0.1, 0.15) is 26.1 Å². The molecule has 5 rings (SSSR count). The average molecular weight is 830 g/mol. The van der Waals surface area contributed by atoms with Crippen LogP contribution in [0.1, 0.15) is 16.7 Å². The molecule has 1 heterocycles. The van der Waals surface area contributed by atoms with Gasteiger partial charge in [-0.1, -0.05) is 6.07 Å². The van der Waals surface area contributed by atoms with Crippen molar-refractivity contribution in [3.8, 4) is 5.75 Å². The molecule has 20 nitrogen and oxygen atoms in total. The summed E-state index contributed by atoms with van der Waals surface area (Å²) in [7, 11) is -20.0. The number of phenolic OH excluding ortho intramolecular Hbond substituents is 1. The third-order valence-electron chi connectivity index (χ3n) is 7.33. The Morgan fingerprint density at radius 3 is 1.75 bits per heavy atom. The van der Waals surface area contributed by atoms with E-state index in [-0.39, 0.29) is 5.69 Å². The number of halogens is 1. The van der Waals surface area contributed by atoms with E-state index >= 15 is 0 Å². The first-order chi connectivity index (χ1) is 24.3. The van der Waals surface area contributed by atoms with Gasteiger partial charge in [-0.25, -0.2) is 0 Å². The van der Waals surface area contributed by atoms with Gasteiger partial charge in [-0.15, -0.1) is 10.2 Å². The molecule has 280 valence electrons. The maximum atomic E-state index is 12.5. The van der Waals surface area contributed by atoms with E-state index in [0.29, 0.717) is 22.8 Å². The lowest BCUT2D eigenvalue weighted by molar-refractivity contribution is 0.472. The zero-order valence-corrected chi connectivity index (χ0v) is 30.9. The number of aryl methyl sites for hydroxylation is 3. The summed E-state index contributed by atoms with van der Waals surface area (Å²) < 4.78 is 137. The quantitative estimate of drug-likeness (QED) is 0.0702. The Balaban J connectivity index is 1.74. The van der Waals surface area contributed by atoms with E-state index in [0.717, 1.165) is 24.3 Å². The van der Waals surface area contributed by atoms with E-state index < -0.39 is 111 Å². The number of benzene rings is 4. The zero-order valence-electron chi connectivity index (χ0n) is 26.9. The van der Waals surface area contributed by atoms with Crippen molar-refractivity contribution < 1.29 is 57.0 Å². The summed E-state index contributed by atoms with van der Waals surface area (Å²) in [6, 6.07) is 8.31. The topological polar surface area (TPSA) is 325 Å². The number of nitrogens with zero attached hydrogens (tertiary/aromatic N) is 5. The van der Waals surface area contributed by atoms with Crippen molar-refractivity contribution in [1.29, 1.82) is 0 Å². The standard InChI is InChI=1S/C28H24ClN7O13S4/c1-12-4-5-17(20(6-12)51(41,42)43)30-27-32-26(29)33-28(34-27)31-19-11-16(50(38,39)40)9-15-10-22(53(47,48)49)24(25(37)23(15)19)36-35-18-7-13(2)14(3)8-21(18)52(44,45)46/h4-11,37H,1-3H3,(H,38,39,40)(H,41,42,43)(H,44,45,46)(H,47,48,49)(H2,30,31,32,33,34). The van der Waals surface area contributed by atoms with Crippen molar-refractivity contribution in [3.05, 3.63) is 70.5 Å². The minimum atomic E-state index is -5.32. The first-order valence-corrected chi connectivity index (χ1v) is 20.3. The Bertz CT molecular complexity index is 2850. The molecular formula is C28H24ClN7O13S4. The van der Waals surface area contributed by atoms with E-state index in [1.807, 2.05) is 0 Å². The minimum Gasteiger partial charge on any atom is -0.505 e. The molecule has 0 spiro atoms. The fourth-order valence-corrected chi connectivity index (χ4v) is 7.59. The number of rotatable bonds is 10. The molecular weight excluding hydrogens is 806 g/mol. The molecule has 0 saturated heterocycles.